The van der Waals surface area contributed by atoms with E-state index in [0.29, 0.717) is 12.2 Å². The number of nitro groups is 1. The molecule has 1 aromatic rings. The Morgan fingerprint density at radius 1 is 1.31 bits per heavy atom. The van der Waals surface area contributed by atoms with E-state index < -0.39 is 29.4 Å². The van der Waals surface area contributed by atoms with Crippen LogP contribution in [-0.4, -0.2) is 56.0 Å². The lowest BCUT2D eigenvalue weighted by atomic mass is 10.1. The van der Waals surface area contributed by atoms with Crippen LogP contribution in [0.15, 0.2) is 18.2 Å². The van der Waals surface area contributed by atoms with E-state index in [0.717, 1.165) is 6.07 Å². The average Bonchev–Trinajstić information content (AvgIpc) is 2.59. The molecule has 0 aromatic heterocycles. The molecule has 0 fully saturated rings. The van der Waals surface area contributed by atoms with Crippen LogP contribution in [0.4, 0.5) is 11.4 Å². The standard InChI is InChI=1S/C16H22N4O6/c1-5-17-15(22)10(2)18-14(21)9-26-16(23)11-6-7-12(19(3)4)13(8-11)20(24)25/h6-8,10H,5,9H2,1-4H3,(H,17,22)(H,18,21)/t10-/m0/s1. The summed E-state index contributed by atoms with van der Waals surface area (Å²) in [6.07, 6.45) is 0. The van der Waals surface area contributed by atoms with Crippen LogP contribution in [0, 0.1) is 10.1 Å². The predicted octanol–water partition coefficient (Wildman–Crippen LogP) is 0.458. The van der Waals surface area contributed by atoms with Gasteiger partial charge in [0.05, 0.1) is 10.5 Å². The van der Waals surface area contributed by atoms with Gasteiger partial charge in [0.15, 0.2) is 6.61 Å². The Labute approximate surface area is 150 Å². The molecule has 10 heteroatoms. The van der Waals surface area contributed by atoms with Gasteiger partial charge in [0.25, 0.3) is 11.6 Å². The number of esters is 1. The van der Waals surface area contributed by atoms with E-state index in [1.54, 1.807) is 25.9 Å². The largest absolute Gasteiger partial charge is 0.452 e. The molecule has 1 atom stereocenters. The van der Waals surface area contributed by atoms with E-state index in [4.69, 9.17) is 4.74 Å². The van der Waals surface area contributed by atoms with Crippen LogP contribution in [0.25, 0.3) is 0 Å². The van der Waals surface area contributed by atoms with Crippen LogP contribution >= 0.6 is 0 Å². The highest BCUT2D eigenvalue weighted by Gasteiger charge is 2.21. The second kappa shape index (κ2) is 9.35. The predicted molar refractivity (Wildman–Crippen MR) is 94.0 cm³/mol. The highest BCUT2D eigenvalue weighted by Crippen LogP contribution is 2.27. The summed E-state index contributed by atoms with van der Waals surface area (Å²) >= 11 is 0. The maximum absolute atomic E-state index is 12.0. The molecule has 0 bridgehead atoms. The zero-order chi connectivity index (χ0) is 19.9. The fourth-order valence-electron chi connectivity index (χ4n) is 2.07. The van der Waals surface area contributed by atoms with E-state index >= 15 is 0 Å². The van der Waals surface area contributed by atoms with Gasteiger partial charge in [0, 0.05) is 26.7 Å². The maximum atomic E-state index is 12.0. The Bertz CT molecular complexity index is 704. The van der Waals surface area contributed by atoms with E-state index in [9.17, 15) is 24.5 Å². The minimum atomic E-state index is -0.876. The molecule has 0 saturated heterocycles. The summed E-state index contributed by atoms with van der Waals surface area (Å²) in [5, 5.41) is 16.1. The van der Waals surface area contributed by atoms with E-state index in [1.165, 1.54) is 19.1 Å². The molecule has 2 amide bonds. The molecule has 0 saturated carbocycles. The average molecular weight is 366 g/mol. The summed E-state index contributed by atoms with van der Waals surface area (Å²) < 4.78 is 4.85. The normalized spacial score (nSPS) is 11.2. The summed E-state index contributed by atoms with van der Waals surface area (Å²) in [7, 11) is 3.28. The van der Waals surface area contributed by atoms with Gasteiger partial charge in [0.2, 0.25) is 5.91 Å². The zero-order valence-electron chi connectivity index (χ0n) is 15.1. The first-order chi connectivity index (χ1) is 12.2. The number of carbonyl (C=O) groups is 3. The third kappa shape index (κ3) is 5.72. The van der Waals surface area contributed by atoms with Gasteiger partial charge in [-0.3, -0.25) is 19.7 Å². The van der Waals surface area contributed by atoms with Crippen molar-refractivity contribution in [3.8, 4) is 0 Å². The van der Waals surface area contributed by atoms with Gasteiger partial charge in [-0.1, -0.05) is 0 Å². The summed E-state index contributed by atoms with van der Waals surface area (Å²) in [5.41, 5.74) is 0.0330. The molecule has 0 aliphatic heterocycles. The number of carbonyl (C=O) groups excluding carboxylic acids is 3. The SMILES string of the molecule is CCNC(=O)[C@H](C)NC(=O)COC(=O)c1ccc(N(C)C)c([N+](=O)[O-])c1. The fourth-order valence-corrected chi connectivity index (χ4v) is 2.07. The van der Waals surface area contributed by atoms with E-state index in [2.05, 4.69) is 10.6 Å². The van der Waals surface area contributed by atoms with Gasteiger partial charge in [-0.15, -0.1) is 0 Å². The molecule has 0 unspecified atom stereocenters. The molecule has 0 aliphatic rings. The molecule has 26 heavy (non-hydrogen) atoms. The van der Waals surface area contributed by atoms with Crippen molar-refractivity contribution in [2.24, 2.45) is 0 Å². The Morgan fingerprint density at radius 2 is 1.96 bits per heavy atom. The maximum Gasteiger partial charge on any atom is 0.338 e. The lowest BCUT2D eigenvalue weighted by Gasteiger charge is -2.14. The van der Waals surface area contributed by atoms with Crippen LogP contribution in [0.5, 0.6) is 0 Å². The van der Waals surface area contributed by atoms with Crippen molar-refractivity contribution in [3.05, 3.63) is 33.9 Å². The first kappa shape index (κ1) is 20.9. The van der Waals surface area contributed by atoms with Crippen LogP contribution < -0.4 is 15.5 Å². The topological polar surface area (TPSA) is 131 Å². The van der Waals surface area contributed by atoms with Gasteiger partial charge in [0.1, 0.15) is 11.7 Å². The van der Waals surface area contributed by atoms with Crippen LogP contribution in [0.1, 0.15) is 24.2 Å². The summed E-state index contributed by atoms with van der Waals surface area (Å²) in [6, 6.07) is 3.11. The Morgan fingerprint density at radius 3 is 2.50 bits per heavy atom. The number of amides is 2. The van der Waals surface area contributed by atoms with Gasteiger partial charge in [-0.25, -0.2) is 4.79 Å². The summed E-state index contributed by atoms with van der Waals surface area (Å²) in [4.78, 5) is 47.3. The summed E-state index contributed by atoms with van der Waals surface area (Å²) in [5.74, 6) is -1.89. The lowest BCUT2D eigenvalue weighted by molar-refractivity contribution is -0.384. The number of benzene rings is 1. The fraction of sp³-hybridized carbons (Fsp3) is 0.438. The molecule has 10 nitrogen and oxygen atoms in total. The van der Waals surface area contributed by atoms with E-state index in [1.807, 2.05) is 0 Å². The second-order valence-electron chi connectivity index (χ2n) is 5.61. The lowest BCUT2D eigenvalue weighted by Crippen LogP contribution is -2.46. The third-order valence-corrected chi connectivity index (χ3v) is 3.35. The van der Waals surface area contributed by atoms with Gasteiger partial charge in [-0.05, 0) is 26.0 Å². The Kier molecular flexibility index (Phi) is 7.51. The number of nitrogens with zero attached hydrogens (tertiary/aromatic N) is 2. The van der Waals surface area contributed by atoms with Crippen molar-refractivity contribution in [1.29, 1.82) is 0 Å². The minimum absolute atomic E-state index is 0.0492. The smallest absolute Gasteiger partial charge is 0.338 e. The Balaban J connectivity index is 2.71. The third-order valence-electron chi connectivity index (χ3n) is 3.35. The Hall–Kier alpha value is -3.17. The number of nitro benzene ring substituents is 1. The number of anilines is 1. The number of hydrogen-bond acceptors (Lipinski definition) is 7. The molecule has 0 heterocycles. The second-order valence-corrected chi connectivity index (χ2v) is 5.61. The van der Waals surface area contributed by atoms with Crippen LogP contribution in [0.2, 0.25) is 0 Å². The molecular formula is C16H22N4O6. The monoisotopic (exact) mass is 366 g/mol. The van der Waals surface area contributed by atoms with Gasteiger partial charge in [-0.2, -0.15) is 0 Å². The molecular weight excluding hydrogens is 344 g/mol. The number of ether oxygens (including phenoxy) is 1. The molecule has 142 valence electrons. The molecule has 0 aliphatic carbocycles. The van der Waals surface area contributed by atoms with Crippen molar-refractivity contribution in [2.45, 2.75) is 19.9 Å². The molecule has 1 aromatic carbocycles. The highest BCUT2D eigenvalue weighted by molar-refractivity contribution is 5.93. The van der Waals surface area contributed by atoms with Crippen molar-refractivity contribution in [2.75, 3.05) is 32.1 Å². The zero-order valence-corrected chi connectivity index (χ0v) is 15.1. The minimum Gasteiger partial charge on any atom is -0.452 e. The first-order valence-corrected chi connectivity index (χ1v) is 7.87. The van der Waals surface area contributed by atoms with Gasteiger partial charge < -0.3 is 20.3 Å². The van der Waals surface area contributed by atoms with Crippen molar-refractivity contribution < 1.29 is 24.0 Å². The molecule has 1 rings (SSSR count). The van der Waals surface area contributed by atoms with Crippen LogP contribution in [0.3, 0.4) is 0 Å². The first-order valence-electron chi connectivity index (χ1n) is 7.87. The number of likely N-dealkylation sites (N-methyl/N-ethyl adjacent to an activating group) is 1. The highest BCUT2D eigenvalue weighted by atomic mass is 16.6. The number of hydrogen-bond donors (Lipinski definition) is 2. The quantitative estimate of drug-likeness (QED) is 0.388. The van der Waals surface area contributed by atoms with Crippen molar-refractivity contribution in [3.63, 3.8) is 0 Å². The number of rotatable bonds is 8. The number of nitrogens with one attached hydrogen (secondary N) is 2. The summed E-state index contributed by atoms with van der Waals surface area (Å²) in [6.45, 7) is 3.06. The van der Waals surface area contributed by atoms with Crippen molar-refractivity contribution in [1.82, 2.24) is 10.6 Å². The van der Waals surface area contributed by atoms with Crippen LogP contribution in [-0.2, 0) is 14.3 Å². The van der Waals surface area contributed by atoms with Gasteiger partial charge >= 0.3 is 5.97 Å². The molecule has 2 N–H and O–H groups in total. The molecule has 0 spiro atoms. The molecule has 0 radical (unpaired) electrons. The van der Waals surface area contributed by atoms with Crippen molar-refractivity contribution >= 4 is 29.2 Å². The van der Waals surface area contributed by atoms with E-state index in [-0.39, 0.29) is 17.2 Å².